The van der Waals surface area contributed by atoms with Gasteiger partial charge in [0.05, 0.1) is 17.2 Å². The predicted molar refractivity (Wildman–Crippen MR) is 144 cm³/mol. The molecule has 3 aliphatic rings. The summed E-state index contributed by atoms with van der Waals surface area (Å²) in [5.74, 6) is -2.94. The van der Waals surface area contributed by atoms with Crippen LogP contribution in [0.3, 0.4) is 0 Å². The van der Waals surface area contributed by atoms with E-state index in [0.717, 1.165) is 46.1 Å². The second-order valence-corrected chi connectivity index (χ2v) is 11.4. The summed E-state index contributed by atoms with van der Waals surface area (Å²) in [5, 5.41) is 14.2. The van der Waals surface area contributed by atoms with Gasteiger partial charge in [-0.15, -0.1) is 5.10 Å². The number of nitrogens with one attached hydrogen (secondary N) is 1. The van der Waals surface area contributed by atoms with Crippen LogP contribution in [0.2, 0.25) is 0 Å². The summed E-state index contributed by atoms with van der Waals surface area (Å²) in [7, 11) is 0. The molecular weight excluding hydrogens is 486 g/mol. The summed E-state index contributed by atoms with van der Waals surface area (Å²) in [6.45, 7) is 8.08. The number of aryl methyl sites for hydroxylation is 1. The number of rotatable bonds is 6. The monoisotopic (exact) mass is 520 g/mol. The zero-order valence-corrected chi connectivity index (χ0v) is 22.4. The van der Waals surface area contributed by atoms with Crippen molar-refractivity contribution in [2.75, 3.05) is 23.4 Å². The van der Waals surface area contributed by atoms with Gasteiger partial charge in [-0.25, -0.2) is 8.78 Å². The van der Waals surface area contributed by atoms with Crippen LogP contribution in [0.15, 0.2) is 36.4 Å². The van der Waals surface area contributed by atoms with Gasteiger partial charge in [-0.05, 0) is 68.9 Å². The lowest BCUT2D eigenvalue weighted by Crippen LogP contribution is -2.44. The molecule has 8 heteroatoms. The van der Waals surface area contributed by atoms with Crippen LogP contribution in [0, 0.1) is 12.8 Å². The molecule has 1 aliphatic carbocycles. The third kappa shape index (κ3) is 3.87. The highest BCUT2D eigenvalue weighted by Crippen LogP contribution is 2.52. The van der Waals surface area contributed by atoms with E-state index in [0.29, 0.717) is 31.9 Å². The first-order valence-electron chi connectivity index (χ1n) is 13.6. The molecule has 1 aromatic heterocycles. The molecule has 1 N–H and O–H groups in total. The van der Waals surface area contributed by atoms with Gasteiger partial charge in [-0.1, -0.05) is 32.0 Å². The van der Waals surface area contributed by atoms with Gasteiger partial charge in [0.25, 0.3) is 5.92 Å². The van der Waals surface area contributed by atoms with Crippen molar-refractivity contribution >= 4 is 28.2 Å². The fourth-order valence-corrected chi connectivity index (χ4v) is 6.00. The third-order valence-corrected chi connectivity index (χ3v) is 8.59. The number of benzene rings is 2. The molecular formula is C30H34F2N4O2. The number of aromatic nitrogens is 2. The lowest BCUT2D eigenvalue weighted by Gasteiger charge is -2.32. The number of halogens is 2. The lowest BCUT2D eigenvalue weighted by atomic mass is 9.74. The average molecular weight is 521 g/mol. The Labute approximate surface area is 221 Å². The van der Waals surface area contributed by atoms with Crippen molar-refractivity contribution in [3.8, 4) is 0 Å². The molecule has 2 aliphatic heterocycles. The molecule has 1 saturated carbocycles. The van der Waals surface area contributed by atoms with Crippen molar-refractivity contribution in [3.05, 3.63) is 58.8 Å². The van der Waals surface area contributed by atoms with Gasteiger partial charge in [0.15, 0.2) is 5.82 Å². The summed E-state index contributed by atoms with van der Waals surface area (Å²) in [6, 6.07) is 10.8. The molecule has 2 fully saturated rings. The smallest absolute Gasteiger partial charge is 0.275 e. The maximum Gasteiger partial charge on any atom is 0.275 e. The van der Waals surface area contributed by atoms with Gasteiger partial charge in [-0.2, -0.15) is 5.10 Å². The second kappa shape index (κ2) is 8.97. The summed E-state index contributed by atoms with van der Waals surface area (Å²) in [6.07, 6.45) is 3.40. The predicted octanol–water partition coefficient (Wildman–Crippen LogP) is 6.42. The fraction of sp³-hybridized carbons (Fsp3) is 0.500. The molecule has 3 heterocycles. The van der Waals surface area contributed by atoms with Gasteiger partial charge in [0, 0.05) is 47.2 Å². The van der Waals surface area contributed by atoms with Crippen LogP contribution < -0.4 is 10.2 Å². The molecule has 1 saturated heterocycles. The molecule has 38 heavy (non-hydrogen) atoms. The highest BCUT2D eigenvalue weighted by Gasteiger charge is 2.54. The van der Waals surface area contributed by atoms with Crippen molar-refractivity contribution in [2.24, 2.45) is 5.92 Å². The standard InChI is InChI=1S/C30H34F2N4O2/c1-17(2)30(31,32)21-7-5-6-20(14-21)18(3)33-27-24-16-26-25(15-23(24)19(4)34-35-27)29(10-12-38-13-11-29)28(37)36(26)22-8-9-22/h5-7,14-18,22H,8-13H2,1-4H3,(H,33,35)/t18-/m1/s1. The van der Waals surface area contributed by atoms with E-state index < -0.39 is 17.3 Å². The number of hydrogen-bond donors (Lipinski definition) is 1. The highest BCUT2D eigenvalue weighted by atomic mass is 19.3. The zero-order chi connectivity index (χ0) is 26.8. The van der Waals surface area contributed by atoms with Crippen LogP contribution in [-0.4, -0.2) is 35.4 Å². The maximum absolute atomic E-state index is 14.7. The van der Waals surface area contributed by atoms with Gasteiger partial charge in [0.2, 0.25) is 5.91 Å². The first kappa shape index (κ1) is 25.2. The van der Waals surface area contributed by atoms with Gasteiger partial charge in [0.1, 0.15) is 0 Å². The highest BCUT2D eigenvalue weighted by molar-refractivity contribution is 6.12. The van der Waals surface area contributed by atoms with Crippen LogP contribution in [0.1, 0.15) is 74.9 Å². The molecule has 200 valence electrons. The van der Waals surface area contributed by atoms with Crippen LogP contribution >= 0.6 is 0 Å². The minimum absolute atomic E-state index is 0.0108. The van der Waals surface area contributed by atoms with Crippen molar-refractivity contribution < 1.29 is 18.3 Å². The number of ether oxygens (including phenoxy) is 1. The Balaban J connectivity index is 1.41. The Morgan fingerprint density at radius 1 is 1.08 bits per heavy atom. The first-order chi connectivity index (χ1) is 18.1. The van der Waals surface area contributed by atoms with Gasteiger partial charge >= 0.3 is 0 Å². The molecule has 1 amide bonds. The van der Waals surface area contributed by atoms with E-state index in [-0.39, 0.29) is 23.6 Å². The number of amides is 1. The van der Waals surface area contributed by atoms with Crippen molar-refractivity contribution in [3.63, 3.8) is 0 Å². The summed E-state index contributed by atoms with van der Waals surface area (Å²) < 4.78 is 35.1. The Morgan fingerprint density at radius 3 is 2.50 bits per heavy atom. The molecule has 6 nitrogen and oxygen atoms in total. The number of carbonyl (C=O) groups is 1. The van der Waals surface area contributed by atoms with Crippen molar-refractivity contribution in [1.82, 2.24) is 10.2 Å². The average Bonchev–Trinajstić information content (AvgIpc) is 3.72. The topological polar surface area (TPSA) is 67.4 Å². The second-order valence-electron chi connectivity index (χ2n) is 11.4. The number of hydrogen-bond acceptors (Lipinski definition) is 5. The van der Waals surface area contributed by atoms with E-state index in [1.807, 2.05) is 24.8 Å². The Bertz CT molecular complexity index is 1410. The van der Waals surface area contributed by atoms with E-state index in [1.54, 1.807) is 12.1 Å². The molecule has 0 radical (unpaired) electrons. The number of fused-ring (bicyclic) bond motifs is 3. The number of anilines is 2. The summed E-state index contributed by atoms with van der Waals surface area (Å²) in [4.78, 5) is 15.9. The molecule has 1 spiro atoms. The molecule has 0 bridgehead atoms. The van der Waals surface area contributed by atoms with Crippen molar-refractivity contribution in [1.29, 1.82) is 0 Å². The Morgan fingerprint density at radius 2 is 1.82 bits per heavy atom. The molecule has 1 atom stereocenters. The first-order valence-corrected chi connectivity index (χ1v) is 13.6. The summed E-state index contributed by atoms with van der Waals surface area (Å²) >= 11 is 0. The largest absolute Gasteiger partial charge is 0.381 e. The molecule has 2 aromatic carbocycles. The zero-order valence-electron chi connectivity index (χ0n) is 22.4. The van der Waals surface area contributed by atoms with Crippen molar-refractivity contribution in [2.45, 2.75) is 76.8 Å². The molecule has 6 rings (SSSR count). The number of carbonyl (C=O) groups excluding carboxylic acids is 1. The molecule has 3 aromatic rings. The van der Waals surface area contributed by atoms with Crippen LogP contribution in [0.5, 0.6) is 0 Å². The normalized spacial score (nSPS) is 19.9. The van der Waals surface area contributed by atoms with E-state index in [1.165, 1.54) is 19.9 Å². The Kier molecular flexibility index (Phi) is 5.94. The third-order valence-electron chi connectivity index (χ3n) is 8.59. The van der Waals surface area contributed by atoms with Gasteiger partial charge in [-0.3, -0.25) is 4.79 Å². The van der Waals surface area contributed by atoms with E-state index in [2.05, 4.69) is 27.6 Å². The quantitative estimate of drug-likeness (QED) is 0.407. The van der Waals surface area contributed by atoms with Crippen LogP contribution in [0.4, 0.5) is 20.3 Å². The lowest BCUT2D eigenvalue weighted by molar-refractivity contribution is -0.126. The van der Waals surface area contributed by atoms with E-state index in [9.17, 15) is 13.6 Å². The Hall–Kier alpha value is -3.13. The minimum Gasteiger partial charge on any atom is -0.381 e. The van der Waals surface area contributed by atoms with Gasteiger partial charge < -0.3 is 15.0 Å². The maximum atomic E-state index is 14.7. The van der Waals surface area contributed by atoms with E-state index in [4.69, 9.17) is 4.74 Å². The number of alkyl halides is 2. The molecule has 0 unspecified atom stereocenters. The van der Waals surface area contributed by atoms with Crippen LogP contribution in [0.25, 0.3) is 10.8 Å². The number of nitrogens with zero attached hydrogens (tertiary/aromatic N) is 3. The SMILES string of the molecule is Cc1nnc(N[C@H](C)c2cccc(C(F)(F)C(C)C)c2)c2cc3c(cc12)C1(CCOCC1)C(=O)N3C1CC1. The summed E-state index contributed by atoms with van der Waals surface area (Å²) in [5.41, 5.74) is 3.05. The van der Waals surface area contributed by atoms with Crippen LogP contribution in [-0.2, 0) is 20.9 Å². The fourth-order valence-electron chi connectivity index (χ4n) is 6.00. The minimum atomic E-state index is -2.91. The van der Waals surface area contributed by atoms with E-state index >= 15 is 0 Å².